The molecule has 0 fully saturated rings. The maximum atomic E-state index is 12.1. The fourth-order valence-electron chi connectivity index (χ4n) is 1.98. The summed E-state index contributed by atoms with van der Waals surface area (Å²) < 4.78 is 5.28. The van der Waals surface area contributed by atoms with E-state index in [4.69, 9.17) is 16.2 Å². The summed E-state index contributed by atoms with van der Waals surface area (Å²) in [6.45, 7) is 1.87. The highest BCUT2D eigenvalue weighted by Gasteiger charge is 2.25. The molecule has 6 heteroatoms. The second-order valence-electron chi connectivity index (χ2n) is 4.64. The van der Waals surface area contributed by atoms with Crippen molar-refractivity contribution in [3.05, 3.63) is 29.8 Å². The molecule has 0 heterocycles. The van der Waals surface area contributed by atoms with Gasteiger partial charge in [-0.25, -0.2) is 0 Å². The molecular formula is C14H21N3O3. The fraction of sp³-hybridized carbons (Fsp3) is 0.429. The second-order valence-corrected chi connectivity index (χ2v) is 4.64. The van der Waals surface area contributed by atoms with Crippen LogP contribution in [0.4, 0.5) is 0 Å². The molecule has 1 aromatic carbocycles. The molecule has 2 atom stereocenters. The zero-order valence-corrected chi connectivity index (χ0v) is 12.0. The Morgan fingerprint density at radius 2 is 1.95 bits per heavy atom. The molecule has 0 aliphatic heterocycles. The van der Waals surface area contributed by atoms with Crippen LogP contribution in [0.15, 0.2) is 24.3 Å². The Hall–Kier alpha value is -2.08. The van der Waals surface area contributed by atoms with Crippen LogP contribution in [0.2, 0.25) is 0 Å². The molecule has 0 aliphatic carbocycles. The summed E-state index contributed by atoms with van der Waals surface area (Å²) in [5.74, 6) is -0.227. The van der Waals surface area contributed by atoms with Crippen LogP contribution in [0.3, 0.4) is 0 Å². The minimum absolute atomic E-state index is 0.165. The SMILES string of the molecule is COc1ccccc1C(C)N(C)C(=O)C(N)CC(N)=O. The van der Waals surface area contributed by atoms with E-state index in [0.717, 1.165) is 5.56 Å². The van der Waals surface area contributed by atoms with Crippen LogP contribution in [0.5, 0.6) is 5.75 Å². The number of primary amides is 1. The fourth-order valence-corrected chi connectivity index (χ4v) is 1.98. The van der Waals surface area contributed by atoms with Crippen molar-refractivity contribution in [2.45, 2.75) is 25.4 Å². The lowest BCUT2D eigenvalue weighted by Crippen LogP contribution is -2.44. The molecule has 0 spiro atoms. The molecule has 0 bridgehead atoms. The van der Waals surface area contributed by atoms with Crippen LogP contribution in [-0.4, -0.2) is 36.9 Å². The zero-order chi connectivity index (χ0) is 15.3. The first-order chi connectivity index (χ1) is 9.38. The number of benzene rings is 1. The van der Waals surface area contributed by atoms with Gasteiger partial charge in [0.25, 0.3) is 0 Å². The van der Waals surface area contributed by atoms with Gasteiger partial charge in [0.05, 0.1) is 25.6 Å². The summed E-state index contributed by atoms with van der Waals surface area (Å²) in [5.41, 5.74) is 11.6. The van der Waals surface area contributed by atoms with E-state index in [1.165, 1.54) is 4.90 Å². The molecule has 110 valence electrons. The first kappa shape index (κ1) is 16.0. The number of rotatable bonds is 6. The van der Waals surface area contributed by atoms with Crippen LogP contribution in [0.25, 0.3) is 0 Å². The number of para-hydroxylation sites is 1. The van der Waals surface area contributed by atoms with Crippen LogP contribution >= 0.6 is 0 Å². The standard InChI is InChI=1S/C14H21N3O3/c1-9(10-6-4-5-7-12(10)20-3)17(2)14(19)11(15)8-13(16)18/h4-7,9,11H,8,15H2,1-3H3,(H2,16,18). The van der Waals surface area contributed by atoms with E-state index in [0.29, 0.717) is 5.75 Å². The van der Waals surface area contributed by atoms with Gasteiger partial charge in [0, 0.05) is 12.6 Å². The van der Waals surface area contributed by atoms with Crippen molar-refractivity contribution in [3.8, 4) is 5.75 Å². The van der Waals surface area contributed by atoms with Gasteiger partial charge in [0.1, 0.15) is 5.75 Å². The number of nitrogens with two attached hydrogens (primary N) is 2. The number of hydrogen-bond donors (Lipinski definition) is 2. The molecule has 2 unspecified atom stereocenters. The number of likely N-dealkylation sites (N-methyl/N-ethyl adjacent to an activating group) is 1. The average molecular weight is 279 g/mol. The molecule has 2 amide bonds. The molecule has 1 aromatic rings. The monoisotopic (exact) mass is 279 g/mol. The number of nitrogens with zero attached hydrogens (tertiary/aromatic N) is 1. The Labute approximate surface area is 118 Å². The molecule has 0 aromatic heterocycles. The number of carbonyl (C=O) groups excluding carboxylic acids is 2. The molecule has 4 N–H and O–H groups in total. The predicted octanol–water partition coefficient (Wildman–Crippen LogP) is 0.417. The third kappa shape index (κ3) is 3.71. The number of carbonyl (C=O) groups is 2. The lowest BCUT2D eigenvalue weighted by Gasteiger charge is -2.28. The summed E-state index contributed by atoms with van der Waals surface area (Å²) in [5, 5.41) is 0. The maximum absolute atomic E-state index is 12.1. The van der Waals surface area contributed by atoms with Crippen LogP contribution in [0, 0.1) is 0 Å². The highest BCUT2D eigenvalue weighted by atomic mass is 16.5. The van der Waals surface area contributed by atoms with Crippen molar-refractivity contribution in [1.29, 1.82) is 0 Å². The molecule has 0 aliphatic rings. The molecule has 6 nitrogen and oxygen atoms in total. The van der Waals surface area contributed by atoms with E-state index in [1.54, 1.807) is 14.2 Å². The first-order valence-electron chi connectivity index (χ1n) is 6.32. The maximum Gasteiger partial charge on any atom is 0.240 e. The first-order valence-corrected chi connectivity index (χ1v) is 6.32. The van der Waals surface area contributed by atoms with Crippen LogP contribution in [0.1, 0.15) is 24.9 Å². The number of methoxy groups -OCH3 is 1. The van der Waals surface area contributed by atoms with E-state index in [1.807, 2.05) is 31.2 Å². The number of amides is 2. The lowest BCUT2D eigenvalue weighted by molar-refractivity contribution is -0.135. The van der Waals surface area contributed by atoms with E-state index >= 15 is 0 Å². The van der Waals surface area contributed by atoms with Gasteiger partial charge < -0.3 is 21.1 Å². The van der Waals surface area contributed by atoms with E-state index in [-0.39, 0.29) is 18.4 Å². The third-order valence-electron chi connectivity index (χ3n) is 3.26. The van der Waals surface area contributed by atoms with Gasteiger partial charge in [-0.2, -0.15) is 0 Å². The van der Waals surface area contributed by atoms with Gasteiger partial charge >= 0.3 is 0 Å². The lowest BCUT2D eigenvalue weighted by atomic mass is 10.0. The second kappa shape index (κ2) is 6.91. The van der Waals surface area contributed by atoms with Gasteiger partial charge in [-0.1, -0.05) is 18.2 Å². The zero-order valence-electron chi connectivity index (χ0n) is 12.0. The van der Waals surface area contributed by atoms with Crippen molar-refractivity contribution in [1.82, 2.24) is 4.90 Å². The summed E-state index contributed by atoms with van der Waals surface area (Å²) in [4.78, 5) is 24.5. The average Bonchev–Trinajstić information content (AvgIpc) is 2.44. The van der Waals surface area contributed by atoms with Gasteiger partial charge in [0.15, 0.2) is 0 Å². The van der Waals surface area contributed by atoms with Gasteiger partial charge in [-0.3, -0.25) is 9.59 Å². The number of hydrogen-bond acceptors (Lipinski definition) is 4. The van der Waals surface area contributed by atoms with Crippen molar-refractivity contribution < 1.29 is 14.3 Å². The predicted molar refractivity (Wildman–Crippen MR) is 76.0 cm³/mol. The summed E-state index contributed by atoms with van der Waals surface area (Å²) >= 11 is 0. The normalized spacial score (nSPS) is 13.4. The van der Waals surface area contributed by atoms with E-state index < -0.39 is 11.9 Å². The van der Waals surface area contributed by atoms with Crippen LogP contribution < -0.4 is 16.2 Å². The Kier molecular flexibility index (Phi) is 5.52. The number of ether oxygens (including phenoxy) is 1. The molecule has 20 heavy (non-hydrogen) atoms. The van der Waals surface area contributed by atoms with Crippen molar-refractivity contribution in [3.63, 3.8) is 0 Å². The highest BCUT2D eigenvalue weighted by Crippen LogP contribution is 2.28. The smallest absolute Gasteiger partial charge is 0.240 e. The van der Waals surface area contributed by atoms with E-state index in [9.17, 15) is 9.59 Å². The topological polar surface area (TPSA) is 98.7 Å². The minimum atomic E-state index is -0.922. The van der Waals surface area contributed by atoms with Crippen molar-refractivity contribution in [2.75, 3.05) is 14.2 Å². The third-order valence-corrected chi connectivity index (χ3v) is 3.26. The Morgan fingerprint density at radius 3 is 2.50 bits per heavy atom. The van der Waals surface area contributed by atoms with Gasteiger partial charge in [-0.15, -0.1) is 0 Å². The van der Waals surface area contributed by atoms with Crippen molar-refractivity contribution >= 4 is 11.8 Å². The highest BCUT2D eigenvalue weighted by molar-refractivity contribution is 5.87. The summed E-state index contributed by atoms with van der Waals surface area (Å²) in [6.07, 6.45) is -0.165. The molecular weight excluding hydrogens is 258 g/mol. The van der Waals surface area contributed by atoms with Crippen LogP contribution in [-0.2, 0) is 9.59 Å². The molecule has 0 saturated carbocycles. The van der Waals surface area contributed by atoms with Gasteiger partial charge in [0.2, 0.25) is 11.8 Å². The largest absolute Gasteiger partial charge is 0.496 e. The Morgan fingerprint density at radius 1 is 1.35 bits per heavy atom. The molecule has 1 rings (SSSR count). The molecule has 0 saturated heterocycles. The Bertz CT molecular complexity index is 490. The summed E-state index contributed by atoms with van der Waals surface area (Å²) in [7, 11) is 3.21. The quantitative estimate of drug-likeness (QED) is 0.788. The molecule has 0 radical (unpaired) electrons. The van der Waals surface area contributed by atoms with Crippen molar-refractivity contribution in [2.24, 2.45) is 11.5 Å². The summed E-state index contributed by atoms with van der Waals surface area (Å²) in [6, 6.07) is 6.29. The van der Waals surface area contributed by atoms with Gasteiger partial charge in [-0.05, 0) is 13.0 Å². The van der Waals surface area contributed by atoms with E-state index in [2.05, 4.69) is 0 Å². The Balaban J connectivity index is 2.88. The minimum Gasteiger partial charge on any atom is -0.496 e.